The third kappa shape index (κ3) is 4.17. The first-order valence-electron chi connectivity index (χ1n) is 6.83. The van der Waals surface area contributed by atoms with Gasteiger partial charge in [0.1, 0.15) is 5.76 Å². The normalized spacial score (nSPS) is 13.2. The van der Waals surface area contributed by atoms with Gasteiger partial charge in [-0.2, -0.15) is 0 Å². The smallest absolute Gasteiger partial charge is 0.240 e. The Morgan fingerprint density at radius 1 is 1.29 bits per heavy atom. The molecule has 0 aliphatic carbocycles. The summed E-state index contributed by atoms with van der Waals surface area (Å²) in [5, 5.41) is 9.79. The second-order valence-corrected chi connectivity index (χ2v) is 6.49. The summed E-state index contributed by atoms with van der Waals surface area (Å²) in [5.41, 5.74) is 0.603. The molecule has 2 rings (SSSR count). The molecule has 2 aromatic rings. The highest BCUT2D eigenvalue weighted by molar-refractivity contribution is 7.89. The predicted molar refractivity (Wildman–Crippen MR) is 79.3 cm³/mol. The maximum Gasteiger partial charge on any atom is 0.240 e. The molecule has 0 fully saturated rings. The highest BCUT2D eigenvalue weighted by atomic mass is 32.2. The summed E-state index contributed by atoms with van der Waals surface area (Å²) >= 11 is 0. The minimum Gasteiger partial charge on any atom is -0.469 e. The van der Waals surface area contributed by atoms with Gasteiger partial charge in [0.15, 0.2) is 0 Å². The fraction of sp³-hybridized carbons (Fsp3) is 0.333. The summed E-state index contributed by atoms with van der Waals surface area (Å²) in [7, 11) is -3.58. The molecule has 0 aliphatic heterocycles. The highest BCUT2D eigenvalue weighted by Gasteiger charge is 2.15. The van der Waals surface area contributed by atoms with Gasteiger partial charge in [0.05, 0.1) is 17.3 Å². The quantitative estimate of drug-likeness (QED) is 0.822. The Morgan fingerprint density at radius 3 is 2.76 bits per heavy atom. The summed E-state index contributed by atoms with van der Waals surface area (Å²) in [6.07, 6.45) is 1.93. The predicted octanol–water partition coefficient (Wildman–Crippen LogP) is 2.24. The third-order valence-electron chi connectivity index (χ3n) is 3.18. The maximum atomic E-state index is 12.2. The van der Waals surface area contributed by atoms with Gasteiger partial charge in [-0.05, 0) is 36.2 Å². The zero-order valence-electron chi connectivity index (χ0n) is 11.8. The van der Waals surface area contributed by atoms with Gasteiger partial charge in [-0.1, -0.05) is 19.1 Å². The van der Waals surface area contributed by atoms with E-state index in [9.17, 15) is 13.5 Å². The lowest BCUT2D eigenvalue weighted by Crippen LogP contribution is -2.26. The zero-order valence-corrected chi connectivity index (χ0v) is 12.6. The van der Waals surface area contributed by atoms with Crippen LogP contribution in [0.3, 0.4) is 0 Å². The van der Waals surface area contributed by atoms with Gasteiger partial charge in [0.2, 0.25) is 10.0 Å². The molecule has 1 unspecified atom stereocenters. The van der Waals surface area contributed by atoms with E-state index in [4.69, 9.17) is 4.42 Å². The van der Waals surface area contributed by atoms with E-state index in [1.807, 2.05) is 6.92 Å². The number of rotatable bonds is 7. The van der Waals surface area contributed by atoms with Crippen LogP contribution in [-0.4, -0.2) is 20.1 Å². The molecule has 5 nitrogen and oxygen atoms in total. The van der Waals surface area contributed by atoms with Crippen molar-refractivity contribution in [3.8, 4) is 0 Å². The minimum atomic E-state index is -3.58. The Hall–Kier alpha value is -1.63. The summed E-state index contributed by atoms with van der Waals surface area (Å²) in [4.78, 5) is 0.159. The molecule has 6 heteroatoms. The number of furan rings is 1. The van der Waals surface area contributed by atoms with Crippen LogP contribution < -0.4 is 4.72 Å². The lowest BCUT2D eigenvalue weighted by atomic mass is 10.1. The van der Waals surface area contributed by atoms with Crippen LogP contribution in [-0.2, 0) is 16.4 Å². The number of hydrogen-bond donors (Lipinski definition) is 2. The monoisotopic (exact) mass is 309 g/mol. The summed E-state index contributed by atoms with van der Waals surface area (Å²) in [5.74, 6) is 0.729. The van der Waals surface area contributed by atoms with E-state index in [0.717, 1.165) is 5.76 Å². The fourth-order valence-electron chi connectivity index (χ4n) is 1.97. The molecule has 1 heterocycles. The van der Waals surface area contributed by atoms with Crippen LogP contribution in [0.2, 0.25) is 0 Å². The molecule has 2 N–H and O–H groups in total. The largest absolute Gasteiger partial charge is 0.469 e. The lowest BCUT2D eigenvalue weighted by molar-refractivity contribution is 0.173. The summed E-state index contributed by atoms with van der Waals surface area (Å²) < 4.78 is 32.1. The lowest BCUT2D eigenvalue weighted by Gasteiger charge is -2.11. The molecule has 0 spiro atoms. The van der Waals surface area contributed by atoms with Gasteiger partial charge in [0.25, 0.3) is 0 Å². The van der Waals surface area contributed by atoms with Gasteiger partial charge < -0.3 is 9.52 Å². The van der Waals surface area contributed by atoms with Gasteiger partial charge in [-0.25, -0.2) is 13.1 Å². The number of sulfonamides is 1. The molecule has 114 valence electrons. The second kappa shape index (κ2) is 6.89. The van der Waals surface area contributed by atoms with Crippen molar-refractivity contribution in [2.45, 2.75) is 30.8 Å². The van der Waals surface area contributed by atoms with E-state index in [1.165, 1.54) is 12.1 Å². The number of nitrogens with one attached hydrogen (secondary N) is 1. The highest BCUT2D eigenvalue weighted by Crippen LogP contribution is 2.19. The van der Waals surface area contributed by atoms with Crippen molar-refractivity contribution < 1.29 is 17.9 Å². The first-order valence-corrected chi connectivity index (χ1v) is 8.31. The topological polar surface area (TPSA) is 79.5 Å². The first kappa shape index (κ1) is 15.8. The molecule has 1 atom stereocenters. The Morgan fingerprint density at radius 2 is 2.10 bits per heavy atom. The SMILES string of the molecule is CCC(O)c1cccc(S(=O)(=O)NCCc2ccco2)c1. The van der Waals surface area contributed by atoms with Crippen LogP contribution in [0.15, 0.2) is 52.0 Å². The van der Waals surface area contributed by atoms with Gasteiger partial charge in [0, 0.05) is 13.0 Å². The molecule has 0 radical (unpaired) electrons. The molecule has 0 amide bonds. The van der Waals surface area contributed by atoms with E-state index >= 15 is 0 Å². The Balaban J connectivity index is 2.05. The van der Waals surface area contributed by atoms with Crippen molar-refractivity contribution in [1.82, 2.24) is 4.72 Å². The molecular formula is C15H19NO4S. The zero-order chi connectivity index (χ0) is 15.3. The van der Waals surface area contributed by atoms with Gasteiger partial charge in [-0.15, -0.1) is 0 Å². The van der Waals surface area contributed by atoms with Crippen LogP contribution in [0, 0.1) is 0 Å². The van der Waals surface area contributed by atoms with Gasteiger partial charge in [-0.3, -0.25) is 0 Å². The van der Waals surface area contributed by atoms with Crippen molar-refractivity contribution in [2.75, 3.05) is 6.54 Å². The van der Waals surface area contributed by atoms with Crippen LogP contribution in [0.1, 0.15) is 30.8 Å². The molecular weight excluding hydrogens is 290 g/mol. The number of aliphatic hydroxyl groups is 1. The van der Waals surface area contributed by atoms with E-state index in [2.05, 4.69) is 4.72 Å². The molecule has 0 saturated carbocycles. The minimum absolute atomic E-state index is 0.159. The summed E-state index contributed by atoms with van der Waals surface area (Å²) in [6, 6.07) is 9.93. The molecule has 1 aromatic carbocycles. The van der Waals surface area contributed by atoms with Crippen molar-refractivity contribution in [3.63, 3.8) is 0 Å². The molecule has 1 aromatic heterocycles. The average Bonchev–Trinajstić information content (AvgIpc) is 2.99. The second-order valence-electron chi connectivity index (χ2n) is 4.72. The molecule has 0 bridgehead atoms. The molecule has 0 aliphatic rings. The number of benzene rings is 1. The Labute approximate surface area is 124 Å². The van der Waals surface area contributed by atoms with Crippen LogP contribution >= 0.6 is 0 Å². The average molecular weight is 309 g/mol. The maximum absolute atomic E-state index is 12.2. The van der Waals surface area contributed by atoms with Crippen LogP contribution in [0.4, 0.5) is 0 Å². The van der Waals surface area contributed by atoms with Crippen molar-refractivity contribution in [1.29, 1.82) is 0 Å². The van der Waals surface area contributed by atoms with E-state index in [0.29, 0.717) is 18.4 Å². The van der Waals surface area contributed by atoms with E-state index in [1.54, 1.807) is 30.5 Å². The fourth-order valence-corrected chi connectivity index (χ4v) is 3.06. The van der Waals surface area contributed by atoms with Crippen molar-refractivity contribution in [3.05, 3.63) is 54.0 Å². The number of aliphatic hydroxyl groups excluding tert-OH is 1. The van der Waals surface area contributed by atoms with Crippen molar-refractivity contribution in [2.24, 2.45) is 0 Å². The molecule has 0 saturated heterocycles. The third-order valence-corrected chi connectivity index (χ3v) is 4.64. The van der Waals surface area contributed by atoms with E-state index < -0.39 is 16.1 Å². The standard InChI is InChI=1S/C15H19NO4S/c1-2-15(17)12-5-3-7-14(11-12)21(18,19)16-9-8-13-6-4-10-20-13/h3-7,10-11,15-17H,2,8-9H2,1H3. The van der Waals surface area contributed by atoms with Crippen LogP contribution in [0.5, 0.6) is 0 Å². The summed E-state index contributed by atoms with van der Waals surface area (Å²) in [6.45, 7) is 2.10. The van der Waals surface area contributed by atoms with Crippen molar-refractivity contribution >= 4 is 10.0 Å². The number of hydrogen-bond acceptors (Lipinski definition) is 4. The van der Waals surface area contributed by atoms with Crippen LogP contribution in [0.25, 0.3) is 0 Å². The Bertz CT molecular complexity index is 665. The molecule has 21 heavy (non-hydrogen) atoms. The first-order chi connectivity index (χ1) is 10.0. The Kier molecular flexibility index (Phi) is 5.17. The van der Waals surface area contributed by atoms with Gasteiger partial charge >= 0.3 is 0 Å². The van der Waals surface area contributed by atoms with E-state index in [-0.39, 0.29) is 11.4 Å².